The fourth-order valence-corrected chi connectivity index (χ4v) is 5.41. The number of benzene rings is 1. The van der Waals surface area contributed by atoms with Crippen molar-refractivity contribution in [2.75, 3.05) is 45.3 Å². The zero-order valence-corrected chi connectivity index (χ0v) is 23.3. The Morgan fingerprint density at radius 1 is 1.15 bits per heavy atom. The van der Waals surface area contributed by atoms with E-state index in [1.165, 1.54) is 19.2 Å². The van der Waals surface area contributed by atoms with Gasteiger partial charge in [-0.05, 0) is 42.5 Å². The van der Waals surface area contributed by atoms with Gasteiger partial charge in [-0.1, -0.05) is 24.3 Å². The van der Waals surface area contributed by atoms with Gasteiger partial charge in [-0.15, -0.1) is 0 Å². The number of likely N-dealkylation sites (tertiary alicyclic amines) is 1. The molecule has 2 saturated heterocycles. The summed E-state index contributed by atoms with van der Waals surface area (Å²) in [6.07, 6.45) is 10.9. The number of nitrogens with one attached hydrogen (secondary N) is 3. The number of nitrogens with zero attached hydrogens (tertiary/aromatic N) is 5. The quantitative estimate of drug-likeness (QED) is 0.225. The average Bonchev–Trinajstić information content (AvgIpc) is 3.61. The molecule has 2 aliphatic rings. The van der Waals surface area contributed by atoms with E-state index in [0.717, 1.165) is 71.5 Å². The summed E-state index contributed by atoms with van der Waals surface area (Å²) in [5.74, 6) is 2.26. The summed E-state index contributed by atoms with van der Waals surface area (Å²) in [5.41, 5.74) is 5.43. The lowest BCUT2D eigenvalue weighted by Crippen LogP contribution is -2.47. The van der Waals surface area contributed by atoms with Crippen molar-refractivity contribution in [2.24, 2.45) is 5.92 Å². The second-order valence-corrected chi connectivity index (χ2v) is 10.6. The van der Waals surface area contributed by atoms with E-state index < -0.39 is 0 Å². The molecule has 212 valence electrons. The molecule has 0 bridgehead atoms. The van der Waals surface area contributed by atoms with Gasteiger partial charge in [-0.3, -0.25) is 9.30 Å². The largest absolute Gasteiger partial charge is 0.493 e. The van der Waals surface area contributed by atoms with Gasteiger partial charge in [0.15, 0.2) is 0 Å². The first-order chi connectivity index (χ1) is 20.2. The highest BCUT2D eigenvalue weighted by molar-refractivity contribution is 6.08. The molecule has 0 saturated carbocycles. The topological polar surface area (TPSA) is 113 Å². The molecule has 4 aromatic rings. The van der Waals surface area contributed by atoms with Crippen molar-refractivity contribution in [1.82, 2.24) is 29.6 Å². The van der Waals surface area contributed by atoms with E-state index in [9.17, 15) is 0 Å². The summed E-state index contributed by atoms with van der Waals surface area (Å²) in [4.78, 5) is 16.1. The summed E-state index contributed by atoms with van der Waals surface area (Å²) in [6, 6.07) is 14.7. The van der Waals surface area contributed by atoms with Crippen LogP contribution in [0.15, 0.2) is 67.4 Å². The third-order valence-electron chi connectivity index (χ3n) is 7.88. The highest BCUT2D eigenvalue weighted by Gasteiger charge is 2.32. The standard InChI is InChI=1S/C31H36N8O2/c1-33-16-25(14-32)24-4-2-22(3-5-24)15-34-30-13-28(36-21-37-30)29-17-35-31-12-27(7-10-39(29)31)41-11-8-23-6-9-38(18-23)26-19-40-20-26/h2-5,7,10,12-14,16-17,21,23,26,32-33H,6,8-9,11,15,18-20H2,1H3,(H,34,36,37)/b25-16+,32-14?. The third kappa shape index (κ3) is 6.23. The maximum absolute atomic E-state index is 7.59. The molecule has 2 aliphatic heterocycles. The van der Waals surface area contributed by atoms with E-state index in [0.29, 0.717) is 25.1 Å². The molecule has 0 radical (unpaired) electrons. The second-order valence-electron chi connectivity index (χ2n) is 10.6. The third-order valence-corrected chi connectivity index (χ3v) is 7.88. The maximum atomic E-state index is 7.59. The Morgan fingerprint density at radius 3 is 2.80 bits per heavy atom. The van der Waals surface area contributed by atoms with Gasteiger partial charge in [-0.25, -0.2) is 15.0 Å². The number of ether oxygens (including phenoxy) is 2. The Morgan fingerprint density at radius 2 is 2.02 bits per heavy atom. The fourth-order valence-electron chi connectivity index (χ4n) is 5.41. The van der Waals surface area contributed by atoms with Crippen LogP contribution >= 0.6 is 0 Å². The number of pyridine rings is 1. The molecule has 2 fully saturated rings. The molecular formula is C31H36N8O2. The molecule has 10 heteroatoms. The van der Waals surface area contributed by atoms with E-state index in [1.807, 2.05) is 60.4 Å². The first kappa shape index (κ1) is 26.9. The van der Waals surface area contributed by atoms with E-state index in [2.05, 4.69) is 42.6 Å². The monoisotopic (exact) mass is 552 g/mol. The van der Waals surface area contributed by atoms with Crippen LogP contribution in [0.25, 0.3) is 22.6 Å². The fraction of sp³-hybridized carbons (Fsp3) is 0.355. The number of imidazole rings is 1. The summed E-state index contributed by atoms with van der Waals surface area (Å²) >= 11 is 0. The van der Waals surface area contributed by atoms with Crippen LogP contribution in [0.4, 0.5) is 5.82 Å². The van der Waals surface area contributed by atoms with Gasteiger partial charge in [0, 0.05) is 56.5 Å². The lowest BCUT2D eigenvalue weighted by molar-refractivity contribution is -0.0582. The van der Waals surface area contributed by atoms with Crippen molar-refractivity contribution in [2.45, 2.75) is 25.4 Å². The van der Waals surface area contributed by atoms with Crippen LogP contribution < -0.4 is 15.4 Å². The van der Waals surface area contributed by atoms with Gasteiger partial charge in [0.25, 0.3) is 0 Å². The Hall–Kier alpha value is -4.28. The van der Waals surface area contributed by atoms with Crippen LogP contribution in [-0.2, 0) is 11.3 Å². The Kier molecular flexibility index (Phi) is 8.20. The predicted octanol–water partition coefficient (Wildman–Crippen LogP) is 4.10. The molecule has 3 aromatic heterocycles. The minimum absolute atomic E-state index is 0.619. The molecule has 1 atom stereocenters. The van der Waals surface area contributed by atoms with Crippen molar-refractivity contribution in [3.8, 4) is 17.1 Å². The lowest BCUT2D eigenvalue weighted by atomic mass is 10.1. The van der Waals surface area contributed by atoms with Crippen molar-refractivity contribution in [3.05, 3.63) is 78.5 Å². The van der Waals surface area contributed by atoms with Crippen LogP contribution in [-0.4, -0.2) is 76.5 Å². The summed E-state index contributed by atoms with van der Waals surface area (Å²) in [7, 11) is 1.83. The summed E-state index contributed by atoms with van der Waals surface area (Å²) < 4.78 is 13.5. The zero-order valence-electron chi connectivity index (χ0n) is 23.3. The predicted molar refractivity (Wildman–Crippen MR) is 160 cm³/mol. The minimum Gasteiger partial charge on any atom is -0.493 e. The van der Waals surface area contributed by atoms with E-state index in [4.69, 9.17) is 14.9 Å². The average molecular weight is 553 g/mol. The zero-order chi connectivity index (χ0) is 28.0. The van der Waals surface area contributed by atoms with Gasteiger partial charge in [-0.2, -0.15) is 0 Å². The SMILES string of the molecule is CN/C=C(\C=N)c1ccc(CNc2cc(-c3cnc4cc(OCCC5CCN(C6COC6)C5)ccn34)ncn2)cc1. The number of rotatable bonds is 12. The van der Waals surface area contributed by atoms with Gasteiger partial charge >= 0.3 is 0 Å². The normalized spacial score (nSPS) is 17.9. The Balaban J connectivity index is 1.05. The molecule has 3 N–H and O–H groups in total. The van der Waals surface area contributed by atoms with Crippen LogP contribution in [0.2, 0.25) is 0 Å². The summed E-state index contributed by atoms with van der Waals surface area (Å²) in [6.45, 7) is 5.44. The molecule has 1 unspecified atom stereocenters. The van der Waals surface area contributed by atoms with Gasteiger partial charge in [0.1, 0.15) is 23.5 Å². The van der Waals surface area contributed by atoms with E-state index in [1.54, 1.807) is 6.33 Å². The van der Waals surface area contributed by atoms with Gasteiger partial charge in [0.2, 0.25) is 0 Å². The van der Waals surface area contributed by atoms with Crippen molar-refractivity contribution < 1.29 is 9.47 Å². The second kappa shape index (κ2) is 12.5. The first-order valence-electron chi connectivity index (χ1n) is 14.2. The lowest BCUT2D eigenvalue weighted by Gasteiger charge is -2.34. The Labute approximate surface area is 240 Å². The van der Waals surface area contributed by atoms with Crippen molar-refractivity contribution in [1.29, 1.82) is 5.41 Å². The molecule has 0 aliphatic carbocycles. The molecular weight excluding hydrogens is 516 g/mol. The minimum atomic E-state index is 0.619. The van der Waals surface area contributed by atoms with Gasteiger partial charge in [0.05, 0.1) is 43.4 Å². The molecule has 41 heavy (non-hydrogen) atoms. The smallest absolute Gasteiger partial charge is 0.140 e. The van der Waals surface area contributed by atoms with E-state index >= 15 is 0 Å². The molecule has 10 nitrogen and oxygen atoms in total. The number of aromatic nitrogens is 4. The molecule has 0 spiro atoms. The van der Waals surface area contributed by atoms with Gasteiger partial charge < -0.3 is 25.5 Å². The number of hydrogen-bond acceptors (Lipinski definition) is 9. The van der Waals surface area contributed by atoms with Crippen LogP contribution in [0.3, 0.4) is 0 Å². The van der Waals surface area contributed by atoms with E-state index in [-0.39, 0.29) is 0 Å². The molecule has 0 amide bonds. The van der Waals surface area contributed by atoms with Crippen LogP contribution in [0, 0.1) is 11.3 Å². The number of fused-ring (bicyclic) bond motifs is 1. The first-order valence-corrected chi connectivity index (χ1v) is 14.2. The number of anilines is 1. The number of hydrogen-bond donors (Lipinski definition) is 3. The molecule has 6 rings (SSSR count). The number of allylic oxidation sites excluding steroid dienone is 1. The van der Waals surface area contributed by atoms with Crippen molar-refractivity contribution in [3.63, 3.8) is 0 Å². The Bertz CT molecular complexity index is 1510. The highest BCUT2D eigenvalue weighted by Crippen LogP contribution is 2.26. The van der Waals surface area contributed by atoms with Crippen molar-refractivity contribution >= 4 is 23.3 Å². The molecule has 5 heterocycles. The molecule has 1 aromatic carbocycles. The van der Waals surface area contributed by atoms with Crippen LogP contribution in [0.5, 0.6) is 5.75 Å². The maximum Gasteiger partial charge on any atom is 0.140 e. The van der Waals surface area contributed by atoms with Crippen LogP contribution in [0.1, 0.15) is 24.0 Å². The summed E-state index contributed by atoms with van der Waals surface area (Å²) in [5, 5.41) is 14.0. The highest BCUT2D eigenvalue weighted by atomic mass is 16.5.